The zero-order valence-electron chi connectivity index (χ0n) is 11.5. The average Bonchev–Trinajstić information content (AvgIpc) is 2.89. The summed E-state index contributed by atoms with van der Waals surface area (Å²) in [6, 6.07) is 5.87. The molecule has 1 aromatic carbocycles. The van der Waals surface area contributed by atoms with E-state index in [0.717, 1.165) is 43.7 Å². The highest BCUT2D eigenvalue weighted by Gasteiger charge is 2.12. The largest absolute Gasteiger partial charge is 0.384 e. The summed E-state index contributed by atoms with van der Waals surface area (Å²) in [7, 11) is 0. The van der Waals surface area contributed by atoms with Crippen LogP contribution >= 0.6 is 0 Å². The van der Waals surface area contributed by atoms with Gasteiger partial charge in [-0.3, -0.25) is 4.79 Å². The van der Waals surface area contributed by atoms with Crippen molar-refractivity contribution in [3.63, 3.8) is 0 Å². The maximum absolute atomic E-state index is 12.0. The molecule has 0 saturated heterocycles. The molecule has 104 valence electrons. The fourth-order valence-electron chi connectivity index (χ4n) is 2.16. The van der Waals surface area contributed by atoms with E-state index >= 15 is 0 Å². The molecule has 0 radical (unpaired) electrons. The number of hydrogen-bond acceptors (Lipinski definition) is 3. The van der Waals surface area contributed by atoms with Crippen molar-refractivity contribution in [3.8, 4) is 0 Å². The van der Waals surface area contributed by atoms with Crippen LogP contribution < -0.4 is 10.6 Å². The standard InChI is InChI=1S/C15H22N2O2/c1-2-9-19-10-3-7-17-15(18)13-5-4-12-6-8-16-14(12)11-13/h4-5,11,16H,2-3,6-10H2,1H3,(H,17,18). The van der Waals surface area contributed by atoms with E-state index in [2.05, 4.69) is 17.6 Å². The molecular formula is C15H22N2O2. The van der Waals surface area contributed by atoms with Crippen LogP contribution in [0.4, 0.5) is 5.69 Å². The molecule has 1 heterocycles. The van der Waals surface area contributed by atoms with Crippen molar-refractivity contribution in [2.24, 2.45) is 0 Å². The second kappa shape index (κ2) is 7.14. The number of anilines is 1. The fourth-order valence-corrected chi connectivity index (χ4v) is 2.16. The molecule has 1 aromatic rings. The first-order valence-corrected chi connectivity index (χ1v) is 7.04. The molecule has 0 unspecified atom stereocenters. The van der Waals surface area contributed by atoms with Crippen molar-refractivity contribution in [3.05, 3.63) is 29.3 Å². The average molecular weight is 262 g/mol. The topological polar surface area (TPSA) is 50.4 Å². The monoisotopic (exact) mass is 262 g/mol. The molecule has 4 nitrogen and oxygen atoms in total. The number of nitrogens with one attached hydrogen (secondary N) is 2. The van der Waals surface area contributed by atoms with E-state index < -0.39 is 0 Å². The highest BCUT2D eigenvalue weighted by atomic mass is 16.5. The van der Waals surface area contributed by atoms with Crippen LogP contribution in [0, 0.1) is 0 Å². The maximum Gasteiger partial charge on any atom is 0.251 e. The molecule has 0 bridgehead atoms. The SMILES string of the molecule is CCCOCCCNC(=O)c1ccc2c(c1)NCC2. The fraction of sp³-hybridized carbons (Fsp3) is 0.533. The Bertz CT molecular complexity index is 432. The molecule has 1 aliphatic heterocycles. The number of benzene rings is 1. The van der Waals surface area contributed by atoms with E-state index in [9.17, 15) is 4.79 Å². The van der Waals surface area contributed by atoms with E-state index in [1.54, 1.807) is 0 Å². The molecule has 2 rings (SSSR count). The Kier molecular flexibility index (Phi) is 5.21. The van der Waals surface area contributed by atoms with Gasteiger partial charge in [-0.25, -0.2) is 0 Å². The van der Waals surface area contributed by atoms with Crippen molar-refractivity contribution >= 4 is 11.6 Å². The van der Waals surface area contributed by atoms with Crippen LogP contribution in [0.5, 0.6) is 0 Å². The Morgan fingerprint density at radius 1 is 1.42 bits per heavy atom. The van der Waals surface area contributed by atoms with E-state index in [-0.39, 0.29) is 5.91 Å². The summed E-state index contributed by atoms with van der Waals surface area (Å²) < 4.78 is 5.37. The number of amides is 1. The number of hydrogen-bond donors (Lipinski definition) is 2. The molecule has 4 heteroatoms. The van der Waals surface area contributed by atoms with E-state index in [4.69, 9.17) is 4.74 Å². The number of carbonyl (C=O) groups is 1. The van der Waals surface area contributed by atoms with E-state index in [1.165, 1.54) is 5.56 Å². The Morgan fingerprint density at radius 3 is 3.16 bits per heavy atom. The number of ether oxygens (including phenoxy) is 1. The summed E-state index contributed by atoms with van der Waals surface area (Å²) in [5.74, 6) is -0.00742. The number of carbonyl (C=O) groups excluding carboxylic acids is 1. The Balaban J connectivity index is 1.74. The van der Waals surface area contributed by atoms with Gasteiger partial charge in [-0.1, -0.05) is 13.0 Å². The summed E-state index contributed by atoms with van der Waals surface area (Å²) in [6.07, 6.45) is 2.94. The quantitative estimate of drug-likeness (QED) is 0.741. The van der Waals surface area contributed by atoms with Gasteiger partial charge in [0.25, 0.3) is 5.91 Å². The van der Waals surface area contributed by atoms with Crippen LogP contribution in [0.2, 0.25) is 0 Å². The molecule has 0 spiro atoms. The van der Waals surface area contributed by atoms with Gasteiger partial charge in [0.05, 0.1) is 0 Å². The lowest BCUT2D eigenvalue weighted by molar-refractivity contribution is 0.0941. The van der Waals surface area contributed by atoms with Gasteiger partial charge in [0.2, 0.25) is 0 Å². The molecule has 0 aromatic heterocycles. The highest BCUT2D eigenvalue weighted by Crippen LogP contribution is 2.22. The van der Waals surface area contributed by atoms with Gasteiger partial charge >= 0.3 is 0 Å². The van der Waals surface area contributed by atoms with Gasteiger partial charge in [0.1, 0.15) is 0 Å². The van der Waals surface area contributed by atoms with Crippen LogP contribution in [0.3, 0.4) is 0 Å². The molecule has 1 aliphatic rings. The molecular weight excluding hydrogens is 240 g/mol. The summed E-state index contributed by atoms with van der Waals surface area (Å²) in [5, 5.41) is 6.21. The second-order valence-corrected chi connectivity index (χ2v) is 4.77. The third-order valence-electron chi connectivity index (χ3n) is 3.18. The van der Waals surface area contributed by atoms with E-state index in [1.807, 2.05) is 18.2 Å². The third kappa shape index (κ3) is 3.96. The normalized spacial score (nSPS) is 12.9. The van der Waals surface area contributed by atoms with E-state index in [0.29, 0.717) is 13.2 Å². The van der Waals surface area contributed by atoms with Gasteiger partial charge in [-0.05, 0) is 37.0 Å². The van der Waals surface area contributed by atoms with Crippen LogP contribution in [-0.2, 0) is 11.2 Å². The lowest BCUT2D eigenvalue weighted by Gasteiger charge is -2.07. The van der Waals surface area contributed by atoms with Crippen LogP contribution in [-0.4, -0.2) is 32.2 Å². The van der Waals surface area contributed by atoms with Crippen LogP contribution in [0.15, 0.2) is 18.2 Å². The summed E-state index contributed by atoms with van der Waals surface area (Å²) >= 11 is 0. The first kappa shape index (κ1) is 13.9. The summed E-state index contributed by atoms with van der Waals surface area (Å²) in [6.45, 7) is 5.22. The zero-order valence-corrected chi connectivity index (χ0v) is 11.5. The predicted molar refractivity (Wildman–Crippen MR) is 76.7 cm³/mol. The Labute approximate surface area is 114 Å². The smallest absolute Gasteiger partial charge is 0.251 e. The second-order valence-electron chi connectivity index (χ2n) is 4.77. The zero-order chi connectivity index (χ0) is 13.5. The maximum atomic E-state index is 12.0. The number of rotatable bonds is 7. The minimum atomic E-state index is -0.00742. The van der Waals surface area contributed by atoms with Crippen molar-refractivity contribution in [1.82, 2.24) is 5.32 Å². The van der Waals surface area contributed by atoms with Gasteiger partial charge in [-0.2, -0.15) is 0 Å². The molecule has 19 heavy (non-hydrogen) atoms. The molecule has 2 N–H and O–H groups in total. The molecule has 0 saturated carbocycles. The predicted octanol–water partition coefficient (Wildman–Crippen LogP) is 2.20. The van der Waals surface area contributed by atoms with Gasteiger partial charge in [0.15, 0.2) is 0 Å². The van der Waals surface area contributed by atoms with Gasteiger partial charge in [-0.15, -0.1) is 0 Å². The highest BCUT2D eigenvalue weighted by molar-refractivity contribution is 5.95. The Morgan fingerprint density at radius 2 is 2.32 bits per heavy atom. The summed E-state index contributed by atoms with van der Waals surface area (Å²) in [4.78, 5) is 12.0. The molecule has 0 aliphatic carbocycles. The Hall–Kier alpha value is -1.55. The molecule has 1 amide bonds. The molecule has 0 atom stereocenters. The minimum Gasteiger partial charge on any atom is -0.384 e. The van der Waals surface area contributed by atoms with Crippen LogP contribution in [0.25, 0.3) is 0 Å². The molecule has 0 fully saturated rings. The number of fused-ring (bicyclic) bond motifs is 1. The van der Waals surface area contributed by atoms with Crippen molar-refractivity contribution in [1.29, 1.82) is 0 Å². The van der Waals surface area contributed by atoms with Crippen LogP contribution in [0.1, 0.15) is 35.7 Å². The van der Waals surface area contributed by atoms with Crippen molar-refractivity contribution < 1.29 is 9.53 Å². The minimum absolute atomic E-state index is 0.00742. The van der Waals surface area contributed by atoms with Gasteiger partial charge < -0.3 is 15.4 Å². The summed E-state index contributed by atoms with van der Waals surface area (Å²) in [5.41, 5.74) is 3.12. The van der Waals surface area contributed by atoms with Crippen molar-refractivity contribution in [2.75, 3.05) is 31.6 Å². The van der Waals surface area contributed by atoms with Gasteiger partial charge in [0, 0.05) is 37.6 Å². The first-order valence-electron chi connectivity index (χ1n) is 7.04. The third-order valence-corrected chi connectivity index (χ3v) is 3.18. The lowest BCUT2D eigenvalue weighted by Crippen LogP contribution is -2.25. The lowest BCUT2D eigenvalue weighted by atomic mass is 10.1. The first-order chi connectivity index (χ1) is 9.31. The van der Waals surface area contributed by atoms with Crippen molar-refractivity contribution in [2.45, 2.75) is 26.2 Å².